The predicted octanol–water partition coefficient (Wildman–Crippen LogP) is 4.03. The van der Waals surface area contributed by atoms with Gasteiger partial charge in [0.05, 0.1) is 18.3 Å². The van der Waals surface area contributed by atoms with Gasteiger partial charge in [-0.15, -0.1) is 0 Å². The highest BCUT2D eigenvalue weighted by Crippen LogP contribution is 2.32. The van der Waals surface area contributed by atoms with Crippen molar-refractivity contribution >= 4 is 6.03 Å². The maximum atomic E-state index is 13.4. The molecule has 1 aromatic carbocycles. The number of carbonyl (C=O) groups excluding carboxylic acids is 1. The van der Waals surface area contributed by atoms with E-state index in [0.717, 1.165) is 36.7 Å². The highest BCUT2D eigenvalue weighted by atomic mass is 16.3. The lowest BCUT2D eigenvalue weighted by Crippen LogP contribution is -2.49. The second kappa shape index (κ2) is 8.40. The average Bonchev–Trinajstić information content (AvgIpc) is 3.56. The highest BCUT2D eigenvalue weighted by Gasteiger charge is 2.33. The van der Waals surface area contributed by atoms with Crippen molar-refractivity contribution in [1.82, 2.24) is 19.7 Å². The molecule has 1 N–H and O–H groups in total. The van der Waals surface area contributed by atoms with Crippen molar-refractivity contribution in [3.05, 3.63) is 84.1 Å². The van der Waals surface area contributed by atoms with Gasteiger partial charge in [0.25, 0.3) is 0 Å². The minimum absolute atomic E-state index is 0.0212. The van der Waals surface area contributed by atoms with Crippen LogP contribution in [0.25, 0.3) is 0 Å². The van der Waals surface area contributed by atoms with E-state index in [2.05, 4.69) is 45.2 Å². The summed E-state index contributed by atoms with van der Waals surface area (Å²) in [5.41, 5.74) is 2.29. The molecule has 1 saturated heterocycles. The smallest absolute Gasteiger partial charge is 0.318 e. The number of nitrogens with zero attached hydrogens (tertiary/aromatic N) is 3. The number of furan rings is 1. The zero-order chi connectivity index (χ0) is 20.3. The van der Waals surface area contributed by atoms with E-state index in [1.54, 1.807) is 6.26 Å². The molecule has 2 aliphatic heterocycles. The Hall–Kier alpha value is -2.99. The van der Waals surface area contributed by atoms with Gasteiger partial charge in [-0.3, -0.25) is 4.90 Å². The molecule has 3 aromatic rings. The number of rotatable bonds is 5. The van der Waals surface area contributed by atoms with Gasteiger partial charge in [-0.05, 0) is 55.8 Å². The molecule has 2 unspecified atom stereocenters. The molecule has 5 rings (SSSR count). The third kappa shape index (κ3) is 3.63. The Morgan fingerprint density at radius 2 is 1.83 bits per heavy atom. The number of fused-ring (bicyclic) bond motifs is 1. The summed E-state index contributed by atoms with van der Waals surface area (Å²) in [6.07, 6.45) is 6.21. The molecule has 2 aromatic heterocycles. The number of urea groups is 1. The third-order valence-electron chi connectivity index (χ3n) is 6.31. The fraction of sp³-hybridized carbons (Fsp3) is 0.375. The zero-order valence-electron chi connectivity index (χ0n) is 17.1. The van der Waals surface area contributed by atoms with Crippen LogP contribution in [0, 0.1) is 0 Å². The number of carbonyl (C=O) groups is 1. The molecule has 6 nitrogen and oxygen atoms in total. The fourth-order valence-electron chi connectivity index (χ4n) is 4.82. The second-order valence-corrected chi connectivity index (χ2v) is 8.09. The second-order valence-electron chi connectivity index (χ2n) is 8.09. The third-order valence-corrected chi connectivity index (χ3v) is 6.31. The molecule has 1 fully saturated rings. The van der Waals surface area contributed by atoms with Crippen LogP contribution in [0.15, 0.2) is 71.5 Å². The van der Waals surface area contributed by atoms with Gasteiger partial charge in [0, 0.05) is 31.5 Å². The SMILES string of the molecule is O=C(NCC(c1ccco1)N1CCCC1)N1CCn2cccc2C1c1ccccc1. The summed E-state index contributed by atoms with van der Waals surface area (Å²) < 4.78 is 7.95. The molecular formula is C24H28N4O2. The number of aromatic nitrogens is 1. The Balaban J connectivity index is 1.35. The van der Waals surface area contributed by atoms with Crippen molar-refractivity contribution in [2.24, 2.45) is 0 Å². The average molecular weight is 405 g/mol. The maximum absolute atomic E-state index is 13.4. The van der Waals surface area contributed by atoms with E-state index in [-0.39, 0.29) is 18.1 Å². The molecule has 2 atom stereocenters. The minimum Gasteiger partial charge on any atom is -0.468 e. The first-order valence-electron chi connectivity index (χ1n) is 10.8. The van der Waals surface area contributed by atoms with Crippen LogP contribution in [0.5, 0.6) is 0 Å². The van der Waals surface area contributed by atoms with Gasteiger partial charge in [-0.25, -0.2) is 4.79 Å². The van der Waals surface area contributed by atoms with Crippen LogP contribution in [0.1, 0.15) is 41.9 Å². The lowest BCUT2D eigenvalue weighted by Gasteiger charge is -2.38. The molecule has 0 bridgehead atoms. The Kier molecular flexibility index (Phi) is 5.32. The van der Waals surface area contributed by atoms with Gasteiger partial charge in [0.2, 0.25) is 0 Å². The lowest BCUT2D eigenvalue weighted by molar-refractivity contribution is 0.159. The number of hydrogen-bond donors (Lipinski definition) is 1. The number of hydrogen-bond acceptors (Lipinski definition) is 3. The summed E-state index contributed by atoms with van der Waals surface area (Å²) in [5.74, 6) is 0.921. The highest BCUT2D eigenvalue weighted by molar-refractivity contribution is 5.75. The molecule has 2 aliphatic rings. The number of benzene rings is 1. The topological polar surface area (TPSA) is 53.7 Å². The largest absolute Gasteiger partial charge is 0.468 e. The van der Waals surface area contributed by atoms with Gasteiger partial charge >= 0.3 is 6.03 Å². The summed E-state index contributed by atoms with van der Waals surface area (Å²) >= 11 is 0. The maximum Gasteiger partial charge on any atom is 0.318 e. The molecule has 156 valence electrons. The first kappa shape index (κ1) is 19.0. The van der Waals surface area contributed by atoms with E-state index in [9.17, 15) is 4.79 Å². The molecule has 6 heteroatoms. The first-order chi connectivity index (χ1) is 14.8. The van der Waals surface area contributed by atoms with Crippen molar-refractivity contribution in [2.75, 3.05) is 26.2 Å². The van der Waals surface area contributed by atoms with Crippen LogP contribution in [0.2, 0.25) is 0 Å². The van der Waals surface area contributed by atoms with Gasteiger partial charge in [0.1, 0.15) is 5.76 Å². The van der Waals surface area contributed by atoms with E-state index >= 15 is 0 Å². The lowest BCUT2D eigenvalue weighted by atomic mass is 10.0. The Labute approximate surface area is 177 Å². The number of likely N-dealkylation sites (tertiary alicyclic amines) is 1. The van der Waals surface area contributed by atoms with E-state index in [1.165, 1.54) is 12.8 Å². The van der Waals surface area contributed by atoms with Crippen molar-refractivity contribution in [3.63, 3.8) is 0 Å². The summed E-state index contributed by atoms with van der Waals surface area (Å²) in [6, 6.07) is 18.4. The Morgan fingerprint density at radius 1 is 1.00 bits per heavy atom. The van der Waals surface area contributed by atoms with Crippen LogP contribution >= 0.6 is 0 Å². The van der Waals surface area contributed by atoms with Gasteiger partial charge in [0.15, 0.2) is 0 Å². The van der Waals surface area contributed by atoms with Crippen molar-refractivity contribution < 1.29 is 9.21 Å². The predicted molar refractivity (Wildman–Crippen MR) is 115 cm³/mol. The van der Waals surface area contributed by atoms with E-state index in [1.807, 2.05) is 35.2 Å². The van der Waals surface area contributed by atoms with Crippen LogP contribution < -0.4 is 5.32 Å². The van der Waals surface area contributed by atoms with Crippen molar-refractivity contribution in [1.29, 1.82) is 0 Å². The van der Waals surface area contributed by atoms with Crippen LogP contribution in [-0.4, -0.2) is 46.6 Å². The molecular weight excluding hydrogens is 376 g/mol. The quantitative estimate of drug-likeness (QED) is 0.698. The summed E-state index contributed by atoms with van der Waals surface area (Å²) in [7, 11) is 0. The van der Waals surface area contributed by atoms with Crippen molar-refractivity contribution in [3.8, 4) is 0 Å². The molecule has 0 radical (unpaired) electrons. The van der Waals surface area contributed by atoms with Crippen LogP contribution in [0.3, 0.4) is 0 Å². The molecule has 0 spiro atoms. The van der Waals surface area contributed by atoms with Gasteiger partial charge in [-0.1, -0.05) is 30.3 Å². The number of nitrogens with one attached hydrogen (secondary N) is 1. The Bertz CT molecular complexity index is 960. The summed E-state index contributed by atoms with van der Waals surface area (Å²) in [5, 5.41) is 3.22. The molecule has 0 saturated carbocycles. The minimum atomic E-state index is -0.0798. The summed E-state index contributed by atoms with van der Waals surface area (Å²) in [6.45, 7) is 4.14. The van der Waals surface area contributed by atoms with Crippen molar-refractivity contribution in [2.45, 2.75) is 31.5 Å². The van der Waals surface area contributed by atoms with Gasteiger partial charge < -0.3 is 19.2 Å². The van der Waals surface area contributed by atoms with Crippen LogP contribution in [0.4, 0.5) is 4.79 Å². The van der Waals surface area contributed by atoms with E-state index in [4.69, 9.17) is 4.42 Å². The molecule has 0 aliphatic carbocycles. The number of amides is 2. The first-order valence-corrected chi connectivity index (χ1v) is 10.8. The Morgan fingerprint density at radius 3 is 2.60 bits per heavy atom. The standard InChI is InChI=1S/C24H28N4O2/c29-24(25-18-21(22-11-7-17-30-22)26-12-4-5-13-26)28-16-15-27-14-6-10-20(27)23(28)19-8-2-1-3-9-19/h1-3,6-11,14,17,21,23H,4-5,12-13,15-16,18H2,(H,25,29). The monoisotopic (exact) mass is 404 g/mol. The fourth-order valence-corrected chi connectivity index (χ4v) is 4.82. The summed E-state index contributed by atoms with van der Waals surface area (Å²) in [4.78, 5) is 17.7. The molecule has 4 heterocycles. The van der Waals surface area contributed by atoms with E-state index in [0.29, 0.717) is 13.1 Å². The molecule has 30 heavy (non-hydrogen) atoms. The van der Waals surface area contributed by atoms with Gasteiger partial charge in [-0.2, -0.15) is 0 Å². The normalized spacial score (nSPS) is 20.1. The van der Waals surface area contributed by atoms with E-state index < -0.39 is 0 Å². The zero-order valence-corrected chi connectivity index (χ0v) is 17.1. The molecule has 2 amide bonds. The van der Waals surface area contributed by atoms with Crippen LogP contribution in [-0.2, 0) is 6.54 Å².